The molecule has 0 spiro atoms. The van der Waals surface area contributed by atoms with Crippen molar-refractivity contribution in [2.45, 2.75) is 12.8 Å². The summed E-state index contributed by atoms with van der Waals surface area (Å²) in [5.74, 6) is -0.429. The van der Waals surface area contributed by atoms with Gasteiger partial charge < -0.3 is 0 Å². The lowest BCUT2D eigenvalue weighted by molar-refractivity contribution is 0.0983. The third kappa shape index (κ3) is 3.13. The van der Waals surface area contributed by atoms with Gasteiger partial charge in [-0.2, -0.15) is 5.10 Å². The second-order valence-electron chi connectivity index (χ2n) is 5.80. The summed E-state index contributed by atoms with van der Waals surface area (Å²) in [5, 5.41) is 10.2. The van der Waals surface area contributed by atoms with Gasteiger partial charge in [0.15, 0.2) is 11.4 Å². The van der Waals surface area contributed by atoms with Gasteiger partial charge in [0, 0.05) is 39.5 Å². The number of aromatic nitrogens is 3. The number of nitrogens with zero attached hydrogens (tertiary/aromatic N) is 2. The Labute approximate surface area is 157 Å². The molecular weight excluding hydrogens is 373 g/mol. The van der Waals surface area contributed by atoms with Crippen molar-refractivity contribution in [1.82, 2.24) is 15.2 Å². The van der Waals surface area contributed by atoms with Gasteiger partial charge in [-0.3, -0.25) is 9.89 Å². The largest absolute Gasteiger partial charge is 0.294 e. The molecule has 1 N–H and O–H groups in total. The van der Waals surface area contributed by atoms with E-state index in [2.05, 4.69) is 15.2 Å². The summed E-state index contributed by atoms with van der Waals surface area (Å²) in [4.78, 5) is 17.6. The molecule has 3 heterocycles. The lowest BCUT2D eigenvalue weighted by atomic mass is 10.0. The molecule has 0 bridgehead atoms. The molecular formula is C19H13ClFN3OS. The second kappa shape index (κ2) is 6.97. The van der Waals surface area contributed by atoms with E-state index >= 15 is 0 Å². The number of ketones is 1. The van der Waals surface area contributed by atoms with Crippen molar-refractivity contribution in [2.75, 3.05) is 0 Å². The first kappa shape index (κ1) is 16.9. The lowest BCUT2D eigenvalue weighted by Gasteiger charge is -2.04. The van der Waals surface area contributed by atoms with Crippen LogP contribution in [0.4, 0.5) is 4.39 Å². The van der Waals surface area contributed by atoms with Crippen LogP contribution in [0.25, 0.3) is 21.6 Å². The van der Waals surface area contributed by atoms with Crippen molar-refractivity contribution in [3.8, 4) is 10.6 Å². The molecule has 4 rings (SSSR count). The smallest absolute Gasteiger partial charge is 0.181 e. The average molecular weight is 386 g/mol. The highest BCUT2D eigenvalue weighted by Crippen LogP contribution is 2.31. The molecule has 0 saturated carbocycles. The molecule has 130 valence electrons. The van der Waals surface area contributed by atoms with Crippen LogP contribution in [0.1, 0.15) is 22.3 Å². The van der Waals surface area contributed by atoms with E-state index in [1.807, 2.05) is 23.6 Å². The number of Topliss-reactive ketones (excluding diaryl/α,β-unsaturated/α-hetero) is 1. The number of pyridine rings is 1. The van der Waals surface area contributed by atoms with Crippen molar-refractivity contribution in [3.63, 3.8) is 0 Å². The Morgan fingerprint density at radius 1 is 1.27 bits per heavy atom. The van der Waals surface area contributed by atoms with Gasteiger partial charge in [-0.25, -0.2) is 9.37 Å². The topological polar surface area (TPSA) is 58.6 Å². The van der Waals surface area contributed by atoms with Gasteiger partial charge in [-0.1, -0.05) is 17.7 Å². The molecule has 0 unspecified atom stereocenters. The van der Waals surface area contributed by atoms with Gasteiger partial charge in [-0.15, -0.1) is 11.3 Å². The van der Waals surface area contributed by atoms with Crippen molar-refractivity contribution < 1.29 is 9.18 Å². The van der Waals surface area contributed by atoms with E-state index in [-0.39, 0.29) is 24.4 Å². The summed E-state index contributed by atoms with van der Waals surface area (Å²) in [6.45, 7) is 0. The number of H-pyrrole nitrogens is 1. The molecule has 0 fully saturated rings. The Morgan fingerprint density at radius 2 is 2.15 bits per heavy atom. The van der Waals surface area contributed by atoms with Crippen molar-refractivity contribution in [3.05, 3.63) is 69.9 Å². The number of hydrogen-bond donors (Lipinski definition) is 1. The zero-order chi connectivity index (χ0) is 18.1. The fourth-order valence-corrected chi connectivity index (χ4v) is 3.99. The lowest BCUT2D eigenvalue weighted by Crippen LogP contribution is -2.01. The van der Waals surface area contributed by atoms with Crippen LogP contribution in [-0.4, -0.2) is 21.0 Å². The molecule has 26 heavy (non-hydrogen) atoms. The van der Waals surface area contributed by atoms with Crippen LogP contribution in [0.3, 0.4) is 0 Å². The highest BCUT2D eigenvalue weighted by Gasteiger charge is 2.15. The highest BCUT2D eigenvalue weighted by atomic mass is 35.5. The Morgan fingerprint density at radius 3 is 3.00 bits per heavy atom. The van der Waals surface area contributed by atoms with E-state index in [0.717, 1.165) is 16.0 Å². The van der Waals surface area contributed by atoms with Crippen molar-refractivity contribution >= 4 is 39.8 Å². The van der Waals surface area contributed by atoms with E-state index in [1.165, 1.54) is 17.4 Å². The average Bonchev–Trinajstić information content (AvgIpc) is 3.28. The summed E-state index contributed by atoms with van der Waals surface area (Å²) < 4.78 is 13.8. The molecule has 0 amide bonds. The summed E-state index contributed by atoms with van der Waals surface area (Å²) in [6.07, 6.45) is 2.15. The third-order valence-electron chi connectivity index (χ3n) is 4.16. The molecule has 0 aliphatic rings. The summed E-state index contributed by atoms with van der Waals surface area (Å²) in [5.41, 5.74) is 2.46. The number of carbonyl (C=O) groups excluding carboxylic acids is 1. The quantitative estimate of drug-likeness (QED) is 0.474. The molecule has 3 aromatic heterocycles. The van der Waals surface area contributed by atoms with Crippen molar-refractivity contribution in [2.24, 2.45) is 0 Å². The monoisotopic (exact) mass is 385 g/mol. The highest BCUT2D eigenvalue weighted by molar-refractivity contribution is 7.14. The van der Waals surface area contributed by atoms with Gasteiger partial charge in [0.05, 0.1) is 10.6 Å². The molecule has 4 aromatic rings. The molecule has 4 nitrogen and oxygen atoms in total. The number of benzene rings is 1. The van der Waals surface area contributed by atoms with E-state index in [0.29, 0.717) is 21.8 Å². The maximum absolute atomic E-state index is 13.8. The number of rotatable bonds is 5. The van der Waals surface area contributed by atoms with Crippen LogP contribution in [0.5, 0.6) is 0 Å². The number of carbonyl (C=O) groups is 1. The summed E-state index contributed by atoms with van der Waals surface area (Å²) >= 11 is 7.48. The number of halogens is 2. The second-order valence-corrected chi connectivity index (χ2v) is 7.11. The molecule has 0 aliphatic heterocycles. The molecule has 0 radical (unpaired) electrons. The van der Waals surface area contributed by atoms with Crippen LogP contribution in [0.2, 0.25) is 5.02 Å². The maximum Gasteiger partial charge on any atom is 0.181 e. The minimum atomic E-state index is -0.382. The summed E-state index contributed by atoms with van der Waals surface area (Å²) in [6, 6.07) is 10.1. The number of thiophene rings is 1. The molecule has 1 aromatic carbocycles. The van der Waals surface area contributed by atoms with E-state index in [4.69, 9.17) is 11.6 Å². The number of nitrogens with one attached hydrogen (secondary N) is 1. The molecule has 0 saturated heterocycles. The van der Waals surface area contributed by atoms with Crippen LogP contribution < -0.4 is 0 Å². The number of hydrogen-bond acceptors (Lipinski definition) is 4. The standard InChI is InChI=1S/C19H13ClFN3OS/c20-14-4-1-5-15(21)12(14)6-7-16(25)11-9-17(26-10-11)18-13-3-2-8-22-19(13)24-23-18/h1-5,8-10H,6-7H2,(H,22,23,24). The fraction of sp³-hybridized carbons (Fsp3) is 0.105. The Bertz CT molecular complexity index is 1080. The predicted molar refractivity (Wildman–Crippen MR) is 101 cm³/mol. The van der Waals surface area contributed by atoms with Gasteiger partial charge in [0.25, 0.3) is 0 Å². The molecule has 0 atom stereocenters. The van der Waals surface area contributed by atoms with Gasteiger partial charge >= 0.3 is 0 Å². The maximum atomic E-state index is 13.8. The Hall–Kier alpha value is -2.57. The first-order chi connectivity index (χ1) is 12.6. The first-order valence-corrected chi connectivity index (χ1v) is 9.23. The van der Waals surface area contributed by atoms with Crippen molar-refractivity contribution in [1.29, 1.82) is 0 Å². The molecule has 0 aliphatic carbocycles. The zero-order valence-corrected chi connectivity index (χ0v) is 15.1. The predicted octanol–water partition coefficient (Wildman–Crippen LogP) is 5.29. The zero-order valence-electron chi connectivity index (χ0n) is 13.5. The van der Waals surface area contributed by atoms with Gasteiger partial charge in [0.2, 0.25) is 0 Å². The normalized spacial score (nSPS) is 11.2. The Kier molecular flexibility index (Phi) is 4.53. The summed E-state index contributed by atoms with van der Waals surface area (Å²) in [7, 11) is 0. The van der Waals surface area contributed by atoms with E-state index in [1.54, 1.807) is 18.3 Å². The SMILES string of the molecule is O=C(CCc1c(F)cccc1Cl)c1csc(-c2[nH]nc3ncccc23)c1. The van der Waals surface area contributed by atoms with Gasteiger partial charge in [0.1, 0.15) is 5.82 Å². The Balaban J connectivity index is 1.53. The minimum Gasteiger partial charge on any atom is -0.294 e. The van der Waals surface area contributed by atoms with E-state index in [9.17, 15) is 9.18 Å². The van der Waals surface area contributed by atoms with E-state index < -0.39 is 0 Å². The number of fused-ring (bicyclic) bond motifs is 1. The van der Waals surface area contributed by atoms with Crippen LogP contribution in [0.15, 0.2) is 48.0 Å². The molecule has 7 heteroatoms. The van der Waals surface area contributed by atoms with Gasteiger partial charge in [-0.05, 0) is 36.8 Å². The minimum absolute atomic E-state index is 0.0474. The van der Waals surface area contributed by atoms with Crippen LogP contribution in [0, 0.1) is 5.82 Å². The number of aromatic amines is 1. The first-order valence-electron chi connectivity index (χ1n) is 7.97. The van der Waals surface area contributed by atoms with Crippen LogP contribution >= 0.6 is 22.9 Å². The fourth-order valence-electron chi connectivity index (χ4n) is 2.81. The van der Waals surface area contributed by atoms with Crippen LogP contribution in [-0.2, 0) is 6.42 Å². The third-order valence-corrected chi connectivity index (χ3v) is 5.46.